The normalized spacial score (nSPS) is 22.2. The lowest BCUT2D eigenvalue weighted by Gasteiger charge is -2.34. The van der Waals surface area contributed by atoms with Gasteiger partial charge >= 0.3 is 6.09 Å². The molecule has 4 rings (SSSR count). The van der Waals surface area contributed by atoms with E-state index in [-0.39, 0.29) is 6.09 Å². The second-order valence-corrected chi connectivity index (χ2v) is 10.3. The Morgan fingerprint density at radius 3 is 2.44 bits per heavy atom. The van der Waals surface area contributed by atoms with Crippen LogP contribution in [0.4, 0.5) is 4.79 Å². The first kappa shape index (κ1) is 22.6. The number of nitrogens with zero attached hydrogens (tertiary/aromatic N) is 3. The molecule has 0 spiro atoms. The third-order valence-electron chi connectivity index (χ3n) is 6.31. The highest BCUT2D eigenvalue weighted by Gasteiger charge is 2.40. The van der Waals surface area contributed by atoms with Gasteiger partial charge < -0.3 is 15.0 Å². The van der Waals surface area contributed by atoms with E-state index in [4.69, 9.17) is 4.74 Å². The van der Waals surface area contributed by atoms with Gasteiger partial charge in [-0.3, -0.25) is 4.68 Å². The summed E-state index contributed by atoms with van der Waals surface area (Å²) in [5.74, 6) is 0.608. The summed E-state index contributed by atoms with van der Waals surface area (Å²) >= 11 is 0. The van der Waals surface area contributed by atoms with E-state index in [1.54, 1.807) is 0 Å². The molecule has 2 aliphatic rings. The van der Waals surface area contributed by atoms with Crippen LogP contribution in [0.5, 0.6) is 0 Å². The van der Waals surface area contributed by atoms with Crippen molar-refractivity contribution in [3.05, 3.63) is 47.8 Å². The van der Waals surface area contributed by atoms with Gasteiger partial charge in [0.15, 0.2) is 0 Å². The van der Waals surface area contributed by atoms with Crippen LogP contribution < -0.4 is 5.32 Å². The van der Waals surface area contributed by atoms with Crippen LogP contribution in [0.15, 0.2) is 42.2 Å². The summed E-state index contributed by atoms with van der Waals surface area (Å²) in [5, 5.41) is 8.07. The zero-order chi connectivity index (χ0) is 22.9. The Kier molecular flexibility index (Phi) is 6.42. The molecular formula is C26H36N4O2. The van der Waals surface area contributed by atoms with E-state index in [1.807, 2.05) is 49.8 Å². The van der Waals surface area contributed by atoms with Crippen LogP contribution in [0.25, 0.3) is 17.2 Å². The van der Waals surface area contributed by atoms with Crippen molar-refractivity contribution in [2.75, 3.05) is 13.1 Å². The molecule has 0 bridgehead atoms. The predicted molar refractivity (Wildman–Crippen MR) is 128 cm³/mol. The highest BCUT2D eigenvalue weighted by atomic mass is 16.6. The van der Waals surface area contributed by atoms with Crippen LogP contribution in [0.3, 0.4) is 0 Å². The summed E-state index contributed by atoms with van der Waals surface area (Å²) in [6, 6.07) is 9.73. The highest BCUT2D eigenvalue weighted by molar-refractivity contribution is 5.68. The zero-order valence-corrected chi connectivity index (χ0v) is 20.0. The van der Waals surface area contributed by atoms with Crippen molar-refractivity contribution in [1.29, 1.82) is 0 Å². The molecule has 6 nitrogen and oxygen atoms in total. The Bertz CT molecular complexity index is 962. The third kappa shape index (κ3) is 5.80. The van der Waals surface area contributed by atoms with E-state index in [0.29, 0.717) is 18.0 Å². The number of amides is 1. The average Bonchev–Trinajstić information content (AvgIpc) is 3.37. The smallest absolute Gasteiger partial charge is 0.410 e. The summed E-state index contributed by atoms with van der Waals surface area (Å²) < 4.78 is 7.33. The molecular weight excluding hydrogens is 400 g/mol. The number of hydrogen-bond acceptors (Lipinski definition) is 4. The second-order valence-electron chi connectivity index (χ2n) is 10.3. The van der Waals surface area contributed by atoms with E-state index < -0.39 is 5.60 Å². The average molecular weight is 437 g/mol. The summed E-state index contributed by atoms with van der Waals surface area (Å²) in [6.07, 6.45) is 9.23. The number of carbonyl (C=O) groups excluding carboxylic acids is 1. The molecule has 172 valence electrons. The standard InChI is InChI=1S/C26H36N4O2/c1-18(14-19-6-8-20(9-7-19)21-16-27-29(5)17-21)23-15-24(23)28-22-10-12-30(13-11-22)25(31)32-26(2,3)4/h6-9,14,16-17,22-24,28H,10-13,15H2,1-5H3. The maximum atomic E-state index is 12.2. The van der Waals surface area contributed by atoms with Gasteiger partial charge in [0.2, 0.25) is 0 Å². The van der Waals surface area contributed by atoms with Gasteiger partial charge in [0.1, 0.15) is 5.60 Å². The molecule has 1 aromatic carbocycles. The van der Waals surface area contributed by atoms with Gasteiger partial charge in [-0.2, -0.15) is 5.10 Å². The molecule has 1 aliphatic carbocycles. The van der Waals surface area contributed by atoms with Gasteiger partial charge in [-0.05, 0) is 64.0 Å². The Balaban J connectivity index is 1.24. The van der Waals surface area contributed by atoms with Gasteiger partial charge in [-0.1, -0.05) is 35.9 Å². The minimum absolute atomic E-state index is 0.187. The molecule has 1 saturated heterocycles. The van der Waals surface area contributed by atoms with Gasteiger partial charge in [-0.25, -0.2) is 4.79 Å². The SMILES string of the molecule is CC(=Cc1ccc(-c2cnn(C)c2)cc1)C1CC1NC1CCN(C(=O)OC(C)(C)C)CC1. The van der Waals surface area contributed by atoms with Gasteiger partial charge in [-0.15, -0.1) is 0 Å². The van der Waals surface area contributed by atoms with Crippen LogP contribution in [-0.2, 0) is 11.8 Å². The van der Waals surface area contributed by atoms with Crippen molar-refractivity contribution in [2.45, 2.75) is 64.6 Å². The lowest BCUT2D eigenvalue weighted by molar-refractivity contribution is 0.0198. The van der Waals surface area contributed by atoms with Gasteiger partial charge in [0.05, 0.1) is 6.20 Å². The summed E-state index contributed by atoms with van der Waals surface area (Å²) in [4.78, 5) is 14.1. The van der Waals surface area contributed by atoms with Crippen molar-refractivity contribution < 1.29 is 9.53 Å². The number of carbonyl (C=O) groups is 1. The van der Waals surface area contributed by atoms with E-state index in [9.17, 15) is 4.79 Å². The molecule has 6 heteroatoms. The number of likely N-dealkylation sites (tertiary alicyclic amines) is 1. The number of aryl methyl sites for hydroxylation is 1. The quantitative estimate of drug-likeness (QED) is 0.727. The maximum absolute atomic E-state index is 12.2. The van der Waals surface area contributed by atoms with E-state index in [1.165, 1.54) is 23.1 Å². The Labute approximate surface area is 191 Å². The first-order chi connectivity index (χ1) is 15.2. The molecule has 1 N–H and O–H groups in total. The fourth-order valence-electron chi connectivity index (χ4n) is 4.45. The minimum atomic E-state index is -0.434. The number of benzene rings is 1. The van der Waals surface area contributed by atoms with E-state index in [0.717, 1.165) is 31.5 Å². The number of nitrogens with one attached hydrogen (secondary N) is 1. The zero-order valence-electron chi connectivity index (χ0n) is 20.0. The fourth-order valence-corrected chi connectivity index (χ4v) is 4.45. The molecule has 0 radical (unpaired) electrons. The van der Waals surface area contributed by atoms with Crippen molar-refractivity contribution in [3.8, 4) is 11.1 Å². The third-order valence-corrected chi connectivity index (χ3v) is 6.31. The highest BCUT2D eigenvalue weighted by Crippen LogP contribution is 2.39. The largest absolute Gasteiger partial charge is 0.444 e. The first-order valence-electron chi connectivity index (χ1n) is 11.7. The topological polar surface area (TPSA) is 59.4 Å². The van der Waals surface area contributed by atoms with Crippen LogP contribution >= 0.6 is 0 Å². The van der Waals surface area contributed by atoms with E-state index in [2.05, 4.69) is 47.7 Å². The second kappa shape index (κ2) is 9.10. The molecule has 1 saturated carbocycles. The van der Waals surface area contributed by atoms with Crippen LogP contribution in [-0.4, -0.2) is 51.5 Å². The van der Waals surface area contributed by atoms with Crippen molar-refractivity contribution in [1.82, 2.24) is 20.0 Å². The van der Waals surface area contributed by atoms with Crippen LogP contribution in [0.1, 0.15) is 52.5 Å². The molecule has 2 atom stereocenters. The Morgan fingerprint density at radius 1 is 1.16 bits per heavy atom. The Morgan fingerprint density at radius 2 is 1.84 bits per heavy atom. The van der Waals surface area contributed by atoms with E-state index >= 15 is 0 Å². The summed E-state index contributed by atoms with van der Waals surface area (Å²) in [7, 11) is 1.94. The minimum Gasteiger partial charge on any atom is -0.444 e. The monoisotopic (exact) mass is 436 g/mol. The van der Waals surface area contributed by atoms with Crippen molar-refractivity contribution in [2.24, 2.45) is 13.0 Å². The maximum Gasteiger partial charge on any atom is 0.410 e. The van der Waals surface area contributed by atoms with Crippen molar-refractivity contribution >= 4 is 12.2 Å². The number of rotatable bonds is 5. The number of hydrogen-bond donors (Lipinski definition) is 1. The summed E-state index contributed by atoms with van der Waals surface area (Å²) in [6.45, 7) is 9.52. The predicted octanol–water partition coefficient (Wildman–Crippen LogP) is 4.87. The lowest BCUT2D eigenvalue weighted by atomic mass is 10.0. The molecule has 2 unspecified atom stereocenters. The van der Waals surface area contributed by atoms with Crippen LogP contribution in [0, 0.1) is 5.92 Å². The number of ether oxygens (including phenoxy) is 1. The summed E-state index contributed by atoms with van der Waals surface area (Å²) in [5.41, 5.74) is 4.57. The fraction of sp³-hybridized carbons (Fsp3) is 0.538. The Hall–Kier alpha value is -2.60. The molecule has 32 heavy (non-hydrogen) atoms. The van der Waals surface area contributed by atoms with Crippen molar-refractivity contribution in [3.63, 3.8) is 0 Å². The lowest BCUT2D eigenvalue weighted by Crippen LogP contribution is -2.47. The molecule has 1 aliphatic heterocycles. The number of piperidine rings is 1. The molecule has 2 aromatic rings. The molecule has 2 heterocycles. The first-order valence-corrected chi connectivity index (χ1v) is 11.7. The number of aromatic nitrogens is 2. The van der Waals surface area contributed by atoms with Gasteiger partial charge in [0, 0.05) is 44.0 Å². The molecule has 1 amide bonds. The van der Waals surface area contributed by atoms with Crippen LogP contribution in [0.2, 0.25) is 0 Å². The van der Waals surface area contributed by atoms with Gasteiger partial charge in [0.25, 0.3) is 0 Å². The molecule has 2 fully saturated rings. The molecule has 1 aromatic heterocycles.